The molecule has 0 spiro atoms. The van der Waals surface area contributed by atoms with E-state index in [0.717, 1.165) is 21.8 Å². The number of aromatic nitrogens is 4. The SMILES string of the molecule is CC(C)(C)c1ccc(-c2nnc(SCc3csc(-c4ccc(C(N)=O)cc4)n3)n2N)cc1. The lowest BCUT2D eigenvalue weighted by atomic mass is 9.87. The van der Waals surface area contributed by atoms with Crippen molar-refractivity contribution in [3.05, 3.63) is 70.7 Å². The maximum atomic E-state index is 11.2. The molecule has 2 aromatic carbocycles. The van der Waals surface area contributed by atoms with Crippen molar-refractivity contribution in [2.75, 3.05) is 5.84 Å². The summed E-state index contributed by atoms with van der Waals surface area (Å²) in [4.78, 5) is 15.9. The van der Waals surface area contributed by atoms with E-state index in [2.05, 4.69) is 48.1 Å². The van der Waals surface area contributed by atoms with Crippen LogP contribution in [-0.2, 0) is 11.2 Å². The van der Waals surface area contributed by atoms with Crippen molar-refractivity contribution in [1.82, 2.24) is 19.9 Å². The Hall–Kier alpha value is -3.17. The molecule has 0 bridgehead atoms. The number of rotatable bonds is 6. The third kappa shape index (κ3) is 4.68. The summed E-state index contributed by atoms with van der Waals surface area (Å²) in [5.41, 5.74) is 9.91. The first-order chi connectivity index (χ1) is 15.2. The highest BCUT2D eigenvalue weighted by Gasteiger charge is 2.16. The quantitative estimate of drug-likeness (QED) is 0.321. The number of amides is 1. The van der Waals surface area contributed by atoms with Crippen LogP contribution in [0.2, 0.25) is 0 Å². The second kappa shape index (κ2) is 8.76. The molecule has 32 heavy (non-hydrogen) atoms. The van der Waals surface area contributed by atoms with Gasteiger partial charge >= 0.3 is 0 Å². The summed E-state index contributed by atoms with van der Waals surface area (Å²) < 4.78 is 1.52. The predicted octanol–water partition coefficient (Wildman–Crippen LogP) is 4.47. The Morgan fingerprint density at radius 1 is 1.03 bits per heavy atom. The van der Waals surface area contributed by atoms with Crippen molar-refractivity contribution in [1.29, 1.82) is 0 Å². The molecular formula is C23H24N6OS2. The molecule has 4 rings (SSSR count). The van der Waals surface area contributed by atoms with Crippen molar-refractivity contribution in [3.8, 4) is 22.0 Å². The Balaban J connectivity index is 1.44. The molecule has 9 heteroatoms. The smallest absolute Gasteiger partial charge is 0.248 e. The molecule has 1 amide bonds. The topological polar surface area (TPSA) is 113 Å². The minimum absolute atomic E-state index is 0.0895. The number of nitrogen functional groups attached to an aromatic ring is 1. The summed E-state index contributed by atoms with van der Waals surface area (Å²) in [5.74, 6) is 7.08. The highest BCUT2D eigenvalue weighted by molar-refractivity contribution is 7.98. The Bertz CT molecular complexity index is 1240. The highest BCUT2D eigenvalue weighted by atomic mass is 32.2. The average Bonchev–Trinajstić information content (AvgIpc) is 3.38. The number of carbonyl (C=O) groups excluding carboxylic acids is 1. The van der Waals surface area contributed by atoms with E-state index >= 15 is 0 Å². The van der Waals surface area contributed by atoms with Crippen LogP contribution >= 0.6 is 23.1 Å². The molecule has 0 unspecified atom stereocenters. The Labute approximate surface area is 194 Å². The zero-order valence-corrected chi connectivity index (χ0v) is 19.7. The van der Waals surface area contributed by atoms with E-state index in [-0.39, 0.29) is 5.41 Å². The van der Waals surface area contributed by atoms with Crippen LogP contribution in [0.4, 0.5) is 0 Å². The molecule has 0 saturated heterocycles. The van der Waals surface area contributed by atoms with Gasteiger partial charge in [-0.25, -0.2) is 9.66 Å². The predicted molar refractivity (Wildman–Crippen MR) is 130 cm³/mol. The molecule has 7 nitrogen and oxygen atoms in total. The molecule has 0 radical (unpaired) electrons. The van der Waals surface area contributed by atoms with E-state index in [4.69, 9.17) is 11.6 Å². The van der Waals surface area contributed by atoms with Gasteiger partial charge in [0, 0.05) is 27.8 Å². The summed E-state index contributed by atoms with van der Waals surface area (Å²) in [5, 5.41) is 12.0. The maximum absolute atomic E-state index is 11.2. The number of thioether (sulfide) groups is 1. The first-order valence-corrected chi connectivity index (χ1v) is 11.9. The second-order valence-electron chi connectivity index (χ2n) is 8.38. The number of hydrogen-bond acceptors (Lipinski definition) is 7. The Morgan fingerprint density at radius 2 is 1.69 bits per heavy atom. The minimum atomic E-state index is -0.441. The molecule has 2 heterocycles. The van der Waals surface area contributed by atoms with Gasteiger partial charge in [-0.05, 0) is 23.1 Å². The molecule has 4 N–H and O–H groups in total. The molecule has 164 valence electrons. The van der Waals surface area contributed by atoms with Gasteiger partial charge in [0.1, 0.15) is 5.01 Å². The maximum Gasteiger partial charge on any atom is 0.248 e. The first-order valence-electron chi connectivity index (χ1n) is 10.0. The van der Waals surface area contributed by atoms with E-state index in [9.17, 15) is 4.79 Å². The van der Waals surface area contributed by atoms with E-state index in [0.29, 0.717) is 22.3 Å². The van der Waals surface area contributed by atoms with Crippen LogP contribution in [0, 0.1) is 0 Å². The summed E-state index contributed by atoms with van der Waals surface area (Å²) in [6, 6.07) is 15.4. The zero-order valence-electron chi connectivity index (χ0n) is 18.1. The van der Waals surface area contributed by atoms with E-state index < -0.39 is 5.91 Å². The molecule has 2 aromatic heterocycles. The number of nitrogens with zero attached hydrogens (tertiary/aromatic N) is 4. The number of hydrogen-bond donors (Lipinski definition) is 2. The monoisotopic (exact) mass is 464 g/mol. The van der Waals surface area contributed by atoms with Gasteiger partial charge in [-0.3, -0.25) is 4.79 Å². The lowest BCUT2D eigenvalue weighted by molar-refractivity contribution is 0.100. The van der Waals surface area contributed by atoms with E-state index in [1.165, 1.54) is 22.0 Å². The molecule has 0 saturated carbocycles. The minimum Gasteiger partial charge on any atom is -0.366 e. The molecule has 0 aliphatic heterocycles. The summed E-state index contributed by atoms with van der Waals surface area (Å²) >= 11 is 3.03. The summed E-state index contributed by atoms with van der Waals surface area (Å²) in [7, 11) is 0. The fourth-order valence-electron chi connectivity index (χ4n) is 3.11. The van der Waals surface area contributed by atoms with Gasteiger partial charge in [0.05, 0.1) is 5.69 Å². The fourth-order valence-corrected chi connectivity index (χ4v) is 4.79. The zero-order chi connectivity index (χ0) is 22.9. The fraction of sp³-hybridized carbons (Fsp3) is 0.217. The molecule has 0 aliphatic carbocycles. The third-order valence-corrected chi connectivity index (χ3v) is 6.91. The summed E-state index contributed by atoms with van der Waals surface area (Å²) in [6.07, 6.45) is 0. The van der Waals surface area contributed by atoms with Crippen LogP contribution in [-0.4, -0.2) is 25.8 Å². The van der Waals surface area contributed by atoms with Crippen molar-refractivity contribution < 1.29 is 4.79 Å². The van der Waals surface area contributed by atoms with Crippen LogP contribution in [0.5, 0.6) is 0 Å². The average molecular weight is 465 g/mol. The molecule has 0 fully saturated rings. The van der Waals surface area contributed by atoms with Gasteiger partial charge in [0.2, 0.25) is 11.1 Å². The number of benzene rings is 2. The van der Waals surface area contributed by atoms with Crippen molar-refractivity contribution >= 4 is 29.0 Å². The highest BCUT2D eigenvalue weighted by Crippen LogP contribution is 2.29. The lowest BCUT2D eigenvalue weighted by Crippen LogP contribution is -2.12. The largest absolute Gasteiger partial charge is 0.366 e. The van der Waals surface area contributed by atoms with Gasteiger partial charge in [-0.2, -0.15) is 0 Å². The van der Waals surface area contributed by atoms with Gasteiger partial charge in [0.15, 0.2) is 5.82 Å². The van der Waals surface area contributed by atoms with Crippen LogP contribution in [0.25, 0.3) is 22.0 Å². The number of thiazole rings is 1. The van der Waals surface area contributed by atoms with Crippen molar-refractivity contribution in [2.24, 2.45) is 5.73 Å². The van der Waals surface area contributed by atoms with Crippen molar-refractivity contribution in [3.63, 3.8) is 0 Å². The summed E-state index contributed by atoms with van der Waals surface area (Å²) in [6.45, 7) is 6.55. The van der Waals surface area contributed by atoms with Crippen LogP contribution in [0.3, 0.4) is 0 Å². The molecule has 4 aromatic rings. The number of carbonyl (C=O) groups is 1. The van der Waals surface area contributed by atoms with Crippen LogP contribution in [0.1, 0.15) is 42.4 Å². The van der Waals surface area contributed by atoms with E-state index in [1.54, 1.807) is 23.5 Å². The van der Waals surface area contributed by atoms with Crippen LogP contribution < -0.4 is 11.6 Å². The normalized spacial score (nSPS) is 11.6. The number of primary amides is 1. The van der Waals surface area contributed by atoms with Gasteiger partial charge in [-0.15, -0.1) is 21.5 Å². The van der Waals surface area contributed by atoms with Gasteiger partial charge in [-0.1, -0.05) is 68.9 Å². The Kier molecular flexibility index (Phi) is 6.03. The van der Waals surface area contributed by atoms with Gasteiger partial charge < -0.3 is 11.6 Å². The molecule has 0 atom stereocenters. The van der Waals surface area contributed by atoms with E-state index in [1.807, 2.05) is 29.6 Å². The Morgan fingerprint density at radius 3 is 2.31 bits per heavy atom. The molecular weight excluding hydrogens is 440 g/mol. The second-order valence-corrected chi connectivity index (χ2v) is 10.2. The molecule has 0 aliphatic rings. The first kappa shape index (κ1) is 22.0. The van der Waals surface area contributed by atoms with Crippen molar-refractivity contribution in [2.45, 2.75) is 37.1 Å². The number of nitrogens with two attached hydrogens (primary N) is 2. The van der Waals surface area contributed by atoms with Crippen LogP contribution in [0.15, 0.2) is 59.1 Å². The lowest BCUT2D eigenvalue weighted by Gasteiger charge is -2.19. The standard InChI is InChI=1S/C23H24N6OS2/c1-23(2,3)17-10-8-15(9-11-17)20-27-28-22(29(20)25)32-13-18-12-31-21(26-18)16-6-4-14(5-7-16)19(24)30/h4-12H,13,25H2,1-3H3,(H2,24,30). The van der Waals surface area contributed by atoms with Gasteiger partial charge in [0.25, 0.3) is 0 Å². The third-order valence-electron chi connectivity index (χ3n) is 4.99.